The Morgan fingerprint density at radius 1 is 1.02 bits per heavy atom. The first-order chi connectivity index (χ1) is 19.9. The van der Waals surface area contributed by atoms with Gasteiger partial charge in [0.2, 0.25) is 5.82 Å². The van der Waals surface area contributed by atoms with Gasteiger partial charge in [0.25, 0.3) is 11.5 Å². The monoisotopic (exact) mass is 606 g/mol. The molecule has 0 fully saturated rings. The fourth-order valence-corrected chi connectivity index (χ4v) is 4.72. The lowest BCUT2D eigenvalue weighted by Crippen LogP contribution is -2.20. The van der Waals surface area contributed by atoms with E-state index in [1.54, 1.807) is 48.7 Å². The second-order valence-electron chi connectivity index (χ2n) is 9.33. The van der Waals surface area contributed by atoms with E-state index >= 15 is 0 Å². The predicted molar refractivity (Wildman–Crippen MR) is 164 cm³/mol. The molecule has 0 aliphatic rings. The Balaban J connectivity index is 1.24. The second kappa shape index (κ2) is 11.2. The Kier molecular flexibility index (Phi) is 7.18. The Labute approximate surface area is 243 Å². The van der Waals surface area contributed by atoms with Crippen molar-refractivity contribution in [3.05, 3.63) is 123 Å². The summed E-state index contributed by atoms with van der Waals surface area (Å²) in [5.74, 6) is 0.988. The van der Waals surface area contributed by atoms with E-state index in [4.69, 9.17) is 14.1 Å². The fourth-order valence-electron chi connectivity index (χ4n) is 4.34. The number of aromatic nitrogens is 2. The molecule has 1 N–H and O–H groups in total. The largest absolute Gasteiger partial charge is 0.484 e. The molecule has 6 rings (SSSR count). The van der Waals surface area contributed by atoms with Gasteiger partial charge < -0.3 is 14.5 Å². The summed E-state index contributed by atoms with van der Waals surface area (Å²) in [5, 5.41) is 8.65. The van der Waals surface area contributed by atoms with Gasteiger partial charge in [0.1, 0.15) is 11.3 Å². The van der Waals surface area contributed by atoms with E-state index in [0.717, 1.165) is 26.7 Å². The summed E-state index contributed by atoms with van der Waals surface area (Å²) >= 11 is 3.48. The van der Waals surface area contributed by atoms with Gasteiger partial charge in [-0.25, -0.2) is 4.98 Å². The number of carbonyl (C=O) groups is 1. The summed E-state index contributed by atoms with van der Waals surface area (Å²) in [4.78, 5) is 30.5. The molecule has 0 aliphatic heterocycles. The summed E-state index contributed by atoms with van der Waals surface area (Å²) in [6, 6.07) is 29.2. The summed E-state index contributed by atoms with van der Waals surface area (Å²) in [7, 11) is 0. The molecule has 9 heteroatoms. The van der Waals surface area contributed by atoms with Gasteiger partial charge in [0.15, 0.2) is 12.4 Å². The molecule has 8 nitrogen and oxygen atoms in total. The van der Waals surface area contributed by atoms with Crippen LogP contribution in [-0.2, 0) is 4.79 Å². The van der Waals surface area contributed by atoms with Crippen LogP contribution in [0.15, 0.2) is 116 Å². The maximum atomic E-state index is 13.5. The minimum absolute atomic E-state index is 0.128. The fraction of sp³-hybridized carbons (Fsp3) is 0.0625. The number of para-hydroxylation sites is 2. The summed E-state index contributed by atoms with van der Waals surface area (Å²) in [5.41, 5.74) is 3.35. The third-order valence-electron chi connectivity index (χ3n) is 6.44. The maximum Gasteiger partial charge on any atom is 0.282 e. The van der Waals surface area contributed by atoms with E-state index in [-0.39, 0.29) is 23.9 Å². The lowest BCUT2D eigenvalue weighted by molar-refractivity contribution is -0.118. The topological polar surface area (TPSA) is 98.7 Å². The van der Waals surface area contributed by atoms with Crippen LogP contribution in [0.25, 0.3) is 33.5 Å². The van der Waals surface area contributed by atoms with Crippen LogP contribution < -0.4 is 15.6 Å². The number of nitrogens with one attached hydrogen (secondary N) is 1. The molecule has 4 aromatic carbocycles. The van der Waals surface area contributed by atoms with Crippen molar-refractivity contribution in [2.45, 2.75) is 6.92 Å². The zero-order valence-electron chi connectivity index (χ0n) is 21.9. The number of hydrogen-bond acceptors (Lipinski definition) is 6. The molecule has 0 atom stereocenters. The number of rotatable bonds is 7. The lowest BCUT2D eigenvalue weighted by atomic mass is 10.2. The van der Waals surface area contributed by atoms with Gasteiger partial charge in [-0.3, -0.25) is 9.59 Å². The minimum Gasteiger partial charge on any atom is -0.484 e. The number of anilines is 1. The van der Waals surface area contributed by atoms with Crippen molar-refractivity contribution in [1.82, 2.24) is 9.66 Å². The molecule has 0 saturated heterocycles. The van der Waals surface area contributed by atoms with Crippen LogP contribution in [0.5, 0.6) is 5.75 Å². The molecule has 202 valence electrons. The first-order valence-corrected chi connectivity index (χ1v) is 13.6. The van der Waals surface area contributed by atoms with E-state index in [9.17, 15) is 9.59 Å². The highest BCUT2D eigenvalue weighted by atomic mass is 79.9. The van der Waals surface area contributed by atoms with Crippen LogP contribution in [0, 0.1) is 6.92 Å². The molecule has 0 saturated carbocycles. The number of fused-ring (bicyclic) bond motifs is 2. The number of furan rings is 1. The van der Waals surface area contributed by atoms with E-state index in [0.29, 0.717) is 28.0 Å². The molecule has 6 aromatic rings. The first-order valence-electron chi connectivity index (χ1n) is 12.8. The van der Waals surface area contributed by atoms with Crippen molar-refractivity contribution >= 4 is 55.6 Å². The molecule has 0 bridgehead atoms. The smallest absolute Gasteiger partial charge is 0.282 e. The van der Waals surface area contributed by atoms with Crippen molar-refractivity contribution in [3.63, 3.8) is 0 Å². The summed E-state index contributed by atoms with van der Waals surface area (Å²) < 4.78 is 13.8. The van der Waals surface area contributed by atoms with Crippen molar-refractivity contribution in [2.75, 3.05) is 11.9 Å². The molecule has 2 aromatic heterocycles. The van der Waals surface area contributed by atoms with Gasteiger partial charge in [-0.2, -0.15) is 9.78 Å². The third-order valence-corrected chi connectivity index (χ3v) is 6.94. The SMILES string of the molecule is Cc1ccccc1NC(=O)COc1ccc(C=Nn2c(-c3cc4cc(Br)ccc4o3)nc3ccccc3c2=O)cc1. The summed E-state index contributed by atoms with van der Waals surface area (Å²) in [6.07, 6.45) is 1.56. The van der Waals surface area contributed by atoms with Gasteiger partial charge in [0, 0.05) is 15.5 Å². The highest BCUT2D eigenvalue weighted by Gasteiger charge is 2.16. The maximum absolute atomic E-state index is 13.5. The molecule has 0 aliphatic carbocycles. The molecular formula is C32H23BrN4O4. The lowest BCUT2D eigenvalue weighted by Gasteiger charge is -2.09. The zero-order chi connectivity index (χ0) is 28.3. The van der Waals surface area contributed by atoms with Crippen molar-refractivity contribution in [3.8, 4) is 17.3 Å². The third kappa shape index (κ3) is 5.66. The molecular weight excluding hydrogens is 584 g/mol. The standard InChI is InChI=1S/C32H23BrN4O4/c1-20-6-2-4-8-26(20)35-30(38)19-40-24-13-10-21(11-14-24)18-34-37-31(36-27-9-5-3-7-25(27)32(37)39)29-17-22-16-23(33)12-15-28(22)41-29/h2-18H,19H2,1H3,(H,35,38). The molecule has 41 heavy (non-hydrogen) atoms. The highest BCUT2D eigenvalue weighted by Crippen LogP contribution is 2.29. The van der Waals surface area contributed by atoms with Crippen molar-refractivity contribution in [1.29, 1.82) is 0 Å². The van der Waals surface area contributed by atoms with Crippen LogP contribution >= 0.6 is 15.9 Å². The Hall–Kier alpha value is -5.02. The van der Waals surface area contributed by atoms with Gasteiger partial charge in [0.05, 0.1) is 17.1 Å². The molecule has 2 heterocycles. The van der Waals surface area contributed by atoms with Crippen LogP contribution in [0.2, 0.25) is 0 Å². The Morgan fingerprint density at radius 3 is 2.63 bits per heavy atom. The molecule has 0 spiro atoms. The number of aryl methyl sites for hydroxylation is 1. The Bertz CT molecular complexity index is 1990. The van der Waals surface area contributed by atoms with E-state index in [2.05, 4.69) is 26.3 Å². The normalized spacial score (nSPS) is 11.4. The molecule has 0 radical (unpaired) electrons. The van der Waals surface area contributed by atoms with Crippen LogP contribution in [-0.4, -0.2) is 28.4 Å². The quantitative estimate of drug-likeness (QED) is 0.202. The number of benzene rings is 4. The number of ether oxygens (including phenoxy) is 1. The Morgan fingerprint density at radius 2 is 1.80 bits per heavy atom. The minimum atomic E-state index is -0.317. The number of nitrogens with zero attached hydrogens (tertiary/aromatic N) is 3. The van der Waals surface area contributed by atoms with E-state index in [1.807, 2.05) is 61.5 Å². The van der Waals surface area contributed by atoms with Crippen LogP contribution in [0.4, 0.5) is 5.69 Å². The van der Waals surface area contributed by atoms with Crippen LogP contribution in [0.1, 0.15) is 11.1 Å². The number of carbonyl (C=O) groups excluding carboxylic acids is 1. The van der Waals surface area contributed by atoms with E-state index < -0.39 is 0 Å². The number of halogens is 1. The van der Waals surface area contributed by atoms with Gasteiger partial charge in [-0.05, 0) is 84.8 Å². The van der Waals surface area contributed by atoms with E-state index in [1.165, 1.54) is 4.68 Å². The predicted octanol–water partition coefficient (Wildman–Crippen LogP) is 6.78. The van der Waals surface area contributed by atoms with Crippen molar-refractivity contribution < 1.29 is 13.9 Å². The average molecular weight is 607 g/mol. The van der Waals surface area contributed by atoms with Crippen LogP contribution in [0.3, 0.4) is 0 Å². The number of amides is 1. The number of hydrogen-bond donors (Lipinski definition) is 1. The van der Waals surface area contributed by atoms with Gasteiger partial charge in [-0.15, -0.1) is 0 Å². The molecule has 1 amide bonds. The van der Waals surface area contributed by atoms with Gasteiger partial charge >= 0.3 is 0 Å². The highest BCUT2D eigenvalue weighted by molar-refractivity contribution is 9.10. The summed E-state index contributed by atoms with van der Waals surface area (Å²) in [6.45, 7) is 1.80. The molecule has 0 unspecified atom stereocenters. The average Bonchev–Trinajstić information content (AvgIpc) is 3.40. The first kappa shape index (κ1) is 26.2. The van der Waals surface area contributed by atoms with Crippen molar-refractivity contribution in [2.24, 2.45) is 5.10 Å². The zero-order valence-corrected chi connectivity index (χ0v) is 23.5. The van der Waals surface area contributed by atoms with Gasteiger partial charge in [-0.1, -0.05) is 46.3 Å². The second-order valence-corrected chi connectivity index (χ2v) is 10.2.